The zero-order chi connectivity index (χ0) is 10.7. The number of hydrogen-bond acceptors (Lipinski definition) is 5. The fourth-order valence-electron chi connectivity index (χ4n) is 1.67. The lowest BCUT2D eigenvalue weighted by molar-refractivity contribution is -0.0324. The molecule has 1 aromatic heterocycles. The van der Waals surface area contributed by atoms with E-state index in [1.165, 1.54) is 0 Å². The van der Waals surface area contributed by atoms with E-state index in [-0.39, 0.29) is 12.7 Å². The molecule has 0 spiro atoms. The van der Waals surface area contributed by atoms with Gasteiger partial charge in [-0.1, -0.05) is 6.92 Å². The lowest BCUT2D eigenvalue weighted by Crippen LogP contribution is -2.38. The van der Waals surface area contributed by atoms with Gasteiger partial charge in [-0.15, -0.1) is 0 Å². The van der Waals surface area contributed by atoms with Crippen LogP contribution < -0.4 is 0 Å². The van der Waals surface area contributed by atoms with E-state index in [4.69, 9.17) is 9.84 Å². The van der Waals surface area contributed by atoms with E-state index in [9.17, 15) is 0 Å². The van der Waals surface area contributed by atoms with E-state index in [1.54, 1.807) is 0 Å². The Balaban J connectivity index is 2.03. The van der Waals surface area contributed by atoms with Gasteiger partial charge in [0.25, 0.3) is 0 Å². The van der Waals surface area contributed by atoms with Gasteiger partial charge >= 0.3 is 0 Å². The Kier molecular flexibility index (Phi) is 3.30. The van der Waals surface area contributed by atoms with Crippen molar-refractivity contribution in [3.8, 4) is 0 Å². The third-order valence-electron chi connectivity index (χ3n) is 2.58. The van der Waals surface area contributed by atoms with Crippen molar-refractivity contribution < 1.29 is 9.84 Å². The van der Waals surface area contributed by atoms with Gasteiger partial charge in [0, 0.05) is 13.1 Å². The van der Waals surface area contributed by atoms with Gasteiger partial charge in [-0.3, -0.25) is 10.00 Å². The van der Waals surface area contributed by atoms with Crippen LogP contribution in [0.25, 0.3) is 0 Å². The summed E-state index contributed by atoms with van der Waals surface area (Å²) in [5.74, 6) is 1.12. The Morgan fingerprint density at radius 2 is 2.53 bits per heavy atom. The van der Waals surface area contributed by atoms with Crippen molar-refractivity contribution in [2.75, 3.05) is 26.2 Å². The zero-order valence-corrected chi connectivity index (χ0v) is 8.81. The first-order valence-corrected chi connectivity index (χ1v) is 5.19. The van der Waals surface area contributed by atoms with Gasteiger partial charge in [0.05, 0.1) is 6.61 Å². The van der Waals surface area contributed by atoms with E-state index in [0.717, 1.165) is 19.6 Å². The van der Waals surface area contributed by atoms with Crippen LogP contribution in [0.5, 0.6) is 0 Å². The average molecular weight is 212 g/mol. The zero-order valence-electron chi connectivity index (χ0n) is 8.81. The summed E-state index contributed by atoms with van der Waals surface area (Å²) in [6.45, 7) is 5.51. The molecule has 1 saturated heterocycles. The van der Waals surface area contributed by atoms with Crippen molar-refractivity contribution in [2.45, 2.75) is 19.6 Å². The Hall–Kier alpha value is -0.980. The SMILES string of the molecule is CCN1CCOC(c2n[nH]c(CO)n2)C1. The maximum absolute atomic E-state index is 8.86. The van der Waals surface area contributed by atoms with Crippen molar-refractivity contribution in [3.63, 3.8) is 0 Å². The normalized spacial score (nSPS) is 23.2. The Morgan fingerprint density at radius 1 is 1.67 bits per heavy atom. The summed E-state index contributed by atoms with van der Waals surface area (Å²) in [6, 6.07) is 0. The highest BCUT2D eigenvalue weighted by Crippen LogP contribution is 2.18. The lowest BCUT2D eigenvalue weighted by atomic mass is 10.2. The maximum Gasteiger partial charge on any atom is 0.180 e. The number of aliphatic hydroxyl groups is 1. The van der Waals surface area contributed by atoms with Crippen LogP contribution in [-0.2, 0) is 11.3 Å². The van der Waals surface area contributed by atoms with E-state index >= 15 is 0 Å². The van der Waals surface area contributed by atoms with Crippen molar-refractivity contribution >= 4 is 0 Å². The lowest BCUT2D eigenvalue weighted by Gasteiger charge is -2.30. The van der Waals surface area contributed by atoms with Gasteiger partial charge in [0.2, 0.25) is 0 Å². The van der Waals surface area contributed by atoms with Gasteiger partial charge in [0.15, 0.2) is 5.82 Å². The van der Waals surface area contributed by atoms with Gasteiger partial charge in [-0.05, 0) is 6.54 Å². The number of morpholine rings is 1. The molecule has 0 radical (unpaired) electrons. The molecule has 1 aliphatic heterocycles. The number of likely N-dealkylation sites (N-methyl/N-ethyl adjacent to an activating group) is 1. The van der Waals surface area contributed by atoms with Gasteiger partial charge < -0.3 is 9.84 Å². The van der Waals surface area contributed by atoms with Crippen LogP contribution >= 0.6 is 0 Å². The summed E-state index contributed by atoms with van der Waals surface area (Å²) in [4.78, 5) is 6.45. The molecule has 0 amide bonds. The van der Waals surface area contributed by atoms with Crippen molar-refractivity contribution in [2.24, 2.45) is 0 Å². The van der Waals surface area contributed by atoms with Crippen LogP contribution in [0.4, 0.5) is 0 Å². The minimum absolute atomic E-state index is 0.0738. The molecule has 0 bridgehead atoms. The molecule has 6 heteroatoms. The van der Waals surface area contributed by atoms with Crippen molar-refractivity contribution in [3.05, 3.63) is 11.6 Å². The molecule has 2 N–H and O–H groups in total. The van der Waals surface area contributed by atoms with Crippen LogP contribution in [0.3, 0.4) is 0 Å². The molecule has 0 aliphatic carbocycles. The van der Waals surface area contributed by atoms with E-state index in [1.807, 2.05) is 0 Å². The molecular weight excluding hydrogens is 196 g/mol. The molecule has 2 rings (SSSR count). The Bertz CT molecular complexity index is 315. The monoisotopic (exact) mass is 212 g/mol. The maximum atomic E-state index is 8.86. The molecule has 0 aromatic carbocycles. The van der Waals surface area contributed by atoms with Gasteiger partial charge in [-0.2, -0.15) is 5.10 Å². The molecule has 1 fully saturated rings. The molecule has 1 aromatic rings. The highest BCUT2D eigenvalue weighted by atomic mass is 16.5. The summed E-state index contributed by atoms with van der Waals surface area (Å²) in [7, 11) is 0. The minimum atomic E-state index is -0.114. The summed E-state index contributed by atoms with van der Waals surface area (Å²) < 4.78 is 5.59. The minimum Gasteiger partial charge on any atom is -0.388 e. The summed E-state index contributed by atoms with van der Waals surface area (Å²) in [5, 5.41) is 15.6. The number of nitrogens with zero attached hydrogens (tertiary/aromatic N) is 3. The molecule has 1 aliphatic rings. The summed E-state index contributed by atoms with van der Waals surface area (Å²) in [6.07, 6.45) is -0.0738. The third kappa shape index (κ3) is 2.34. The molecule has 2 heterocycles. The molecule has 84 valence electrons. The van der Waals surface area contributed by atoms with Crippen molar-refractivity contribution in [1.29, 1.82) is 0 Å². The summed E-state index contributed by atoms with van der Waals surface area (Å²) in [5.41, 5.74) is 0. The predicted molar refractivity (Wildman–Crippen MR) is 53.1 cm³/mol. The molecule has 1 atom stereocenters. The van der Waals surface area contributed by atoms with Crippen LogP contribution in [0, 0.1) is 0 Å². The Morgan fingerprint density at radius 3 is 3.20 bits per heavy atom. The largest absolute Gasteiger partial charge is 0.388 e. The first-order valence-electron chi connectivity index (χ1n) is 5.19. The van der Waals surface area contributed by atoms with E-state index in [2.05, 4.69) is 27.0 Å². The Labute approximate surface area is 88.3 Å². The fraction of sp³-hybridized carbons (Fsp3) is 0.778. The number of nitrogens with one attached hydrogen (secondary N) is 1. The average Bonchev–Trinajstić information content (AvgIpc) is 2.78. The second kappa shape index (κ2) is 4.69. The highest BCUT2D eigenvalue weighted by molar-refractivity contribution is 4.95. The second-order valence-electron chi connectivity index (χ2n) is 3.55. The van der Waals surface area contributed by atoms with E-state index in [0.29, 0.717) is 18.3 Å². The number of H-pyrrole nitrogens is 1. The topological polar surface area (TPSA) is 74.3 Å². The highest BCUT2D eigenvalue weighted by Gasteiger charge is 2.24. The quantitative estimate of drug-likeness (QED) is 0.719. The number of aromatic nitrogens is 3. The van der Waals surface area contributed by atoms with Crippen LogP contribution in [0.15, 0.2) is 0 Å². The van der Waals surface area contributed by atoms with Crippen LogP contribution in [0.1, 0.15) is 24.7 Å². The number of hydrogen-bond donors (Lipinski definition) is 2. The number of ether oxygens (including phenoxy) is 1. The molecule has 15 heavy (non-hydrogen) atoms. The van der Waals surface area contributed by atoms with Crippen LogP contribution in [-0.4, -0.2) is 51.4 Å². The van der Waals surface area contributed by atoms with Gasteiger partial charge in [-0.25, -0.2) is 4.98 Å². The van der Waals surface area contributed by atoms with Crippen molar-refractivity contribution in [1.82, 2.24) is 20.1 Å². The molecular formula is C9H16N4O2. The number of rotatable bonds is 3. The molecule has 1 unspecified atom stereocenters. The fourth-order valence-corrected chi connectivity index (χ4v) is 1.67. The standard InChI is InChI=1S/C9H16N4O2/c1-2-13-3-4-15-7(5-13)9-10-8(6-14)11-12-9/h7,14H,2-6H2,1H3,(H,10,11,12). The van der Waals surface area contributed by atoms with E-state index < -0.39 is 0 Å². The number of aromatic amines is 1. The first-order chi connectivity index (χ1) is 7.33. The van der Waals surface area contributed by atoms with Gasteiger partial charge in [0.1, 0.15) is 18.5 Å². The smallest absolute Gasteiger partial charge is 0.180 e. The molecule has 6 nitrogen and oxygen atoms in total. The third-order valence-corrected chi connectivity index (χ3v) is 2.58. The molecule has 0 saturated carbocycles. The second-order valence-corrected chi connectivity index (χ2v) is 3.55. The first kappa shape index (κ1) is 10.5. The van der Waals surface area contributed by atoms with Crippen LogP contribution in [0.2, 0.25) is 0 Å². The number of aliphatic hydroxyl groups excluding tert-OH is 1. The predicted octanol–water partition coefficient (Wildman–Crippen LogP) is -0.310. The summed E-state index contributed by atoms with van der Waals surface area (Å²) >= 11 is 0.